The molecule has 0 saturated heterocycles. The van der Waals surface area contributed by atoms with Crippen molar-refractivity contribution in [3.05, 3.63) is 24.2 Å². The quantitative estimate of drug-likeness (QED) is 0.768. The molecule has 1 aromatic heterocycles. The molecule has 0 spiro atoms. The molecule has 1 aliphatic carbocycles. The summed E-state index contributed by atoms with van der Waals surface area (Å²) < 4.78 is 5.05. The zero-order valence-corrected chi connectivity index (χ0v) is 8.29. The Morgan fingerprint density at radius 1 is 1.46 bits per heavy atom. The van der Waals surface area contributed by atoms with Crippen LogP contribution in [0.3, 0.4) is 0 Å². The zero-order valence-electron chi connectivity index (χ0n) is 8.29. The van der Waals surface area contributed by atoms with Crippen LogP contribution in [0, 0.1) is 5.92 Å². The molecule has 0 aliphatic heterocycles. The van der Waals surface area contributed by atoms with Crippen LogP contribution in [0.4, 0.5) is 0 Å². The summed E-state index contributed by atoms with van der Waals surface area (Å²) in [4.78, 5) is 0. The van der Waals surface area contributed by atoms with E-state index in [1.54, 1.807) is 6.26 Å². The molecule has 1 aliphatic rings. The Kier molecular flexibility index (Phi) is 2.40. The molecule has 0 amide bonds. The largest absolute Gasteiger partial charge is 0.472 e. The van der Waals surface area contributed by atoms with Gasteiger partial charge in [0.2, 0.25) is 0 Å². The van der Waals surface area contributed by atoms with Crippen LogP contribution in [0.2, 0.25) is 0 Å². The van der Waals surface area contributed by atoms with Gasteiger partial charge in [0.05, 0.1) is 12.5 Å². The molecule has 2 atom stereocenters. The maximum atomic E-state index is 5.05. The monoisotopic (exact) mass is 179 g/mol. The third kappa shape index (κ3) is 2.13. The van der Waals surface area contributed by atoms with Crippen LogP contribution in [0.25, 0.3) is 0 Å². The standard InChI is InChI=1S/C11H17NO/c1-8(10-3-4-10)12-9(2)11-5-6-13-7-11/h5-10,12H,3-4H2,1-2H3. The first-order chi connectivity index (χ1) is 6.27. The van der Waals surface area contributed by atoms with Crippen molar-refractivity contribution in [3.63, 3.8) is 0 Å². The van der Waals surface area contributed by atoms with Crippen LogP contribution < -0.4 is 5.32 Å². The molecule has 2 unspecified atom stereocenters. The van der Waals surface area contributed by atoms with Crippen LogP contribution in [-0.2, 0) is 0 Å². The van der Waals surface area contributed by atoms with Gasteiger partial charge in [-0.15, -0.1) is 0 Å². The zero-order chi connectivity index (χ0) is 9.26. The second-order valence-electron chi connectivity index (χ2n) is 4.07. The van der Waals surface area contributed by atoms with E-state index in [2.05, 4.69) is 19.2 Å². The highest BCUT2D eigenvalue weighted by Gasteiger charge is 2.28. The van der Waals surface area contributed by atoms with Crippen molar-refractivity contribution in [2.45, 2.75) is 38.8 Å². The van der Waals surface area contributed by atoms with E-state index < -0.39 is 0 Å². The fourth-order valence-corrected chi connectivity index (χ4v) is 1.74. The average Bonchev–Trinajstić information content (AvgIpc) is 2.81. The molecule has 1 fully saturated rings. The molecule has 0 bridgehead atoms. The second-order valence-corrected chi connectivity index (χ2v) is 4.07. The Morgan fingerprint density at radius 2 is 2.23 bits per heavy atom. The molecule has 0 radical (unpaired) electrons. The molecule has 1 saturated carbocycles. The van der Waals surface area contributed by atoms with E-state index in [1.807, 2.05) is 12.3 Å². The Morgan fingerprint density at radius 3 is 2.77 bits per heavy atom. The maximum Gasteiger partial charge on any atom is 0.0950 e. The first-order valence-corrected chi connectivity index (χ1v) is 5.05. The molecule has 13 heavy (non-hydrogen) atoms. The molecule has 0 aromatic carbocycles. The Labute approximate surface area is 79.3 Å². The summed E-state index contributed by atoms with van der Waals surface area (Å²) in [6, 6.07) is 3.08. The summed E-state index contributed by atoms with van der Waals surface area (Å²) in [6.07, 6.45) is 6.34. The summed E-state index contributed by atoms with van der Waals surface area (Å²) in [7, 11) is 0. The minimum Gasteiger partial charge on any atom is -0.472 e. The summed E-state index contributed by atoms with van der Waals surface area (Å²) in [6.45, 7) is 4.46. The molecule has 2 nitrogen and oxygen atoms in total. The SMILES string of the molecule is CC(NC(C)C1CC1)c1ccoc1. The maximum absolute atomic E-state index is 5.05. The first kappa shape index (κ1) is 8.82. The van der Waals surface area contributed by atoms with Crippen LogP contribution in [0.1, 0.15) is 38.3 Å². The van der Waals surface area contributed by atoms with Gasteiger partial charge >= 0.3 is 0 Å². The highest BCUT2D eigenvalue weighted by molar-refractivity contribution is 5.10. The van der Waals surface area contributed by atoms with Crippen LogP contribution in [0.15, 0.2) is 23.0 Å². The predicted octanol–water partition coefficient (Wildman–Crippen LogP) is 2.73. The minimum absolute atomic E-state index is 0.411. The van der Waals surface area contributed by atoms with Crippen molar-refractivity contribution in [1.82, 2.24) is 5.32 Å². The van der Waals surface area contributed by atoms with Gasteiger partial charge in [0, 0.05) is 17.6 Å². The number of hydrogen-bond acceptors (Lipinski definition) is 2. The Bertz CT molecular complexity index is 251. The van der Waals surface area contributed by atoms with Crippen molar-refractivity contribution < 1.29 is 4.42 Å². The van der Waals surface area contributed by atoms with Crippen molar-refractivity contribution in [3.8, 4) is 0 Å². The van der Waals surface area contributed by atoms with E-state index >= 15 is 0 Å². The third-order valence-corrected chi connectivity index (χ3v) is 2.89. The lowest BCUT2D eigenvalue weighted by atomic mass is 10.1. The third-order valence-electron chi connectivity index (χ3n) is 2.89. The van der Waals surface area contributed by atoms with Crippen LogP contribution in [0.5, 0.6) is 0 Å². The lowest BCUT2D eigenvalue weighted by Gasteiger charge is -2.18. The minimum atomic E-state index is 0.411. The van der Waals surface area contributed by atoms with Gasteiger partial charge in [-0.25, -0.2) is 0 Å². The van der Waals surface area contributed by atoms with Crippen LogP contribution >= 0.6 is 0 Å². The number of furan rings is 1. The van der Waals surface area contributed by atoms with Crippen LogP contribution in [-0.4, -0.2) is 6.04 Å². The van der Waals surface area contributed by atoms with Gasteiger partial charge in [0.25, 0.3) is 0 Å². The molecular weight excluding hydrogens is 162 g/mol. The average molecular weight is 179 g/mol. The van der Waals surface area contributed by atoms with Crippen molar-refractivity contribution in [2.75, 3.05) is 0 Å². The van der Waals surface area contributed by atoms with Gasteiger partial charge in [-0.3, -0.25) is 0 Å². The van der Waals surface area contributed by atoms with Gasteiger partial charge in [-0.2, -0.15) is 0 Å². The molecule has 1 N–H and O–H groups in total. The van der Waals surface area contributed by atoms with E-state index in [0.717, 1.165) is 5.92 Å². The number of rotatable bonds is 4. The van der Waals surface area contributed by atoms with Crippen molar-refractivity contribution >= 4 is 0 Å². The van der Waals surface area contributed by atoms with E-state index in [0.29, 0.717) is 12.1 Å². The number of hydrogen-bond donors (Lipinski definition) is 1. The highest BCUT2D eigenvalue weighted by atomic mass is 16.3. The smallest absolute Gasteiger partial charge is 0.0950 e. The first-order valence-electron chi connectivity index (χ1n) is 5.05. The molecule has 72 valence electrons. The summed E-state index contributed by atoms with van der Waals surface area (Å²) in [5.74, 6) is 0.911. The lowest BCUT2D eigenvalue weighted by molar-refractivity contribution is 0.438. The van der Waals surface area contributed by atoms with Crippen molar-refractivity contribution in [1.29, 1.82) is 0 Å². The topological polar surface area (TPSA) is 25.2 Å². The van der Waals surface area contributed by atoms with E-state index in [-0.39, 0.29) is 0 Å². The second kappa shape index (κ2) is 3.54. The molecule has 2 rings (SSSR count). The Balaban J connectivity index is 1.87. The molecule has 1 aromatic rings. The normalized spacial score (nSPS) is 21.4. The van der Waals surface area contributed by atoms with Gasteiger partial charge in [0.15, 0.2) is 0 Å². The number of nitrogens with one attached hydrogen (secondary N) is 1. The van der Waals surface area contributed by atoms with Gasteiger partial charge < -0.3 is 9.73 Å². The summed E-state index contributed by atoms with van der Waals surface area (Å²) in [5, 5.41) is 3.58. The molecule has 1 heterocycles. The van der Waals surface area contributed by atoms with E-state index in [4.69, 9.17) is 4.42 Å². The predicted molar refractivity (Wildman–Crippen MR) is 52.4 cm³/mol. The Hall–Kier alpha value is -0.760. The summed E-state index contributed by atoms with van der Waals surface area (Å²) in [5.41, 5.74) is 1.24. The fourth-order valence-electron chi connectivity index (χ4n) is 1.74. The van der Waals surface area contributed by atoms with Gasteiger partial charge in [0.1, 0.15) is 0 Å². The molecule has 2 heteroatoms. The lowest BCUT2D eigenvalue weighted by Crippen LogP contribution is -2.30. The van der Waals surface area contributed by atoms with Gasteiger partial charge in [-0.05, 0) is 38.7 Å². The van der Waals surface area contributed by atoms with E-state index in [1.165, 1.54) is 18.4 Å². The molecular formula is C11H17NO. The fraction of sp³-hybridized carbons (Fsp3) is 0.636. The van der Waals surface area contributed by atoms with Crippen molar-refractivity contribution in [2.24, 2.45) is 5.92 Å². The van der Waals surface area contributed by atoms with Gasteiger partial charge in [-0.1, -0.05) is 0 Å². The highest BCUT2D eigenvalue weighted by Crippen LogP contribution is 2.33. The van der Waals surface area contributed by atoms with E-state index in [9.17, 15) is 0 Å². The summed E-state index contributed by atoms with van der Waals surface area (Å²) >= 11 is 0.